The zero-order valence-corrected chi connectivity index (χ0v) is 32.3. The zero-order chi connectivity index (χ0) is 32.8. The van der Waals surface area contributed by atoms with E-state index in [4.69, 9.17) is 4.12 Å². The standard InChI is InChI=1S/C38H66O3Si2/c1-28-24-35(39)33(37(3,4)5)26-31(28)30(32-27-34(38(6,7)8)36(40)25-29(32)2)22-20-18-16-14-15-17-19-21-23-43(12,13)41-42(9,10)11/h24-27,30,39-40H,14-23H2,1-13H3. The summed E-state index contributed by atoms with van der Waals surface area (Å²) >= 11 is 0. The van der Waals surface area contributed by atoms with Crippen LogP contribution < -0.4 is 0 Å². The van der Waals surface area contributed by atoms with Crippen LogP contribution in [-0.2, 0) is 14.9 Å². The van der Waals surface area contributed by atoms with Crippen LogP contribution in [0.2, 0.25) is 38.8 Å². The second kappa shape index (κ2) is 15.1. The van der Waals surface area contributed by atoms with Gasteiger partial charge in [-0.3, -0.25) is 0 Å². The first-order valence-electron chi connectivity index (χ1n) is 17.0. The Morgan fingerprint density at radius 3 is 1.35 bits per heavy atom. The molecule has 0 radical (unpaired) electrons. The molecule has 43 heavy (non-hydrogen) atoms. The molecule has 0 unspecified atom stereocenters. The average molecular weight is 627 g/mol. The Balaban J connectivity index is 2.09. The summed E-state index contributed by atoms with van der Waals surface area (Å²) < 4.78 is 6.51. The van der Waals surface area contributed by atoms with Crippen molar-refractivity contribution in [3.05, 3.63) is 57.6 Å². The summed E-state index contributed by atoms with van der Waals surface area (Å²) in [5.74, 6) is 1.01. The highest BCUT2D eigenvalue weighted by Gasteiger charge is 2.29. The molecule has 0 fully saturated rings. The van der Waals surface area contributed by atoms with E-state index < -0.39 is 16.6 Å². The summed E-state index contributed by atoms with van der Waals surface area (Å²) in [4.78, 5) is 0. The first kappa shape index (κ1) is 37.6. The minimum absolute atomic E-state index is 0.142. The van der Waals surface area contributed by atoms with Gasteiger partial charge in [0.25, 0.3) is 0 Å². The second-order valence-corrected chi connectivity index (χ2v) is 25.9. The van der Waals surface area contributed by atoms with Crippen molar-refractivity contribution in [2.45, 2.75) is 169 Å². The van der Waals surface area contributed by atoms with E-state index in [1.165, 1.54) is 68.5 Å². The largest absolute Gasteiger partial charge is 0.508 e. The van der Waals surface area contributed by atoms with Crippen LogP contribution in [0.15, 0.2) is 24.3 Å². The highest BCUT2D eigenvalue weighted by atomic mass is 28.4. The Morgan fingerprint density at radius 2 is 0.977 bits per heavy atom. The third-order valence-corrected chi connectivity index (χ3v) is 15.0. The Bertz CT molecular complexity index is 1110. The molecule has 0 atom stereocenters. The van der Waals surface area contributed by atoms with Crippen molar-refractivity contribution >= 4 is 16.6 Å². The van der Waals surface area contributed by atoms with Gasteiger partial charge in [-0.1, -0.05) is 105 Å². The Hall–Kier alpha value is -1.57. The highest BCUT2D eigenvalue weighted by molar-refractivity contribution is 6.84. The lowest BCUT2D eigenvalue weighted by atomic mass is 9.76. The van der Waals surface area contributed by atoms with Crippen molar-refractivity contribution in [3.63, 3.8) is 0 Å². The van der Waals surface area contributed by atoms with Gasteiger partial charge in [0.15, 0.2) is 16.6 Å². The number of phenolic OH excluding ortho intramolecular Hbond substituents is 2. The van der Waals surface area contributed by atoms with Gasteiger partial charge in [0.2, 0.25) is 0 Å². The zero-order valence-electron chi connectivity index (χ0n) is 30.3. The average Bonchev–Trinajstić information content (AvgIpc) is 2.80. The van der Waals surface area contributed by atoms with E-state index in [2.05, 4.69) is 100 Å². The molecule has 0 saturated heterocycles. The molecule has 0 aliphatic rings. The molecule has 0 heterocycles. The van der Waals surface area contributed by atoms with Crippen LogP contribution in [0.5, 0.6) is 11.5 Å². The molecule has 2 N–H and O–H groups in total. The normalized spacial score (nSPS) is 13.3. The molecule has 0 aromatic heterocycles. The SMILES string of the molecule is Cc1cc(O)c(C(C)(C)C)cc1C(CCCCCCCCCC[Si](C)(C)O[Si](C)(C)C)c1cc(C(C)(C)C)c(O)cc1C. The van der Waals surface area contributed by atoms with Crippen LogP contribution in [0.25, 0.3) is 0 Å². The Labute approximate surface area is 268 Å². The third-order valence-electron chi connectivity index (χ3n) is 8.74. The molecule has 0 saturated carbocycles. The van der Waals surface area contributed by atoms with E-state index in [0.717, 1.165) is 28.7 Å². The monoisotopic (exact) mass is 626 g/mol. The lowest BCUT2D eigenvalue weighted by molar-refractivity contribution is 0.444. The quantitative estimate of drug-likeness (QED) is 0.153. The number of hydrogen-bond acceptors (Lipinski definition) is 3. The van der Waals surface area contributed by atoms with Gasteiger partial charge in [0.05, 0.1) is 0 Å². The number of phenols is 2. The van der Waals surface area contributed by atoms with Crippen LogP contribution in [0.4, 0.5) is 0 Å². The molecular weight excluding hydrogens is 561 g/mol. The van der Waals surface area contributed by atoms with Crippen molar-refractivity contribution in [1.82, 2.24) is 0 Å². The predicted octanol–water partition coefficient (Wildman–Crippen LogP) is 12.0. The van der Waals surface area contributed by atoms with Crippen LogP contribution in [-0.4, -0.2) is 26.8 Å². The summed E-state index contributed by atoms with van der Waals surface area (Å²) in [5.41, 5.74) is 6.62. The van der Waals surface area contributed by atoms with Crippen molar-refractivity contribution in [2.75, 3.05) is 0 Å². The fourth-order valence-electron chi connectivity index (χ4n) is 6.69. The van der Waals surface area contributed by atoms with Gasteiger partial charge in [-0.2, -0.15) is 0 Å². The van der Waals surface area contributed by atoms with Gasteiger partial charge in [-0.25, -0.2) is 0 Å². The number of unbranched alkanes of at least 4 members (excludes halogenated alkanes) is 7. The molecular formula is C38H66O3Si2. The van der Waals surface area contributed by atoms with Crippen LogP contribution in [0.3, 0.4) is 0 Å². The minimum Gasteiger partial charge on any atom is -0.508 e. The maximum atomic E-state index is 10.8. The molecule has 0 amide bonds. The number of aryl methyl sites for hydroxylation is 2. The molecule has 2 aromatic carbocycles. The smallest absolute Gasteiger partial charge is 0.173 e. The lowest BCUT2D eigenvalue weighted by Crippen LogP contribution is -2.42. The fourth-order valence-corrected chi connectivity index (χ4v) is 14.8. The fraction of sp³-hybridized carbons (Fsp3) is 0.684. The van der Waals surface area contributed by atoms with Crippen LogP contribution in [0, 0.1) is 13.8 Å². The molecule has 0 spiro atoms. The first-order chi connectivity index (χ1) is 19.6. The van der Waals surface area contributed by atoms with E-state index in [0.29, 0.717) is 11.5 Å². The lowest BCUT2D eigenvalue weighted by Gasteiger charge is -2.31. The summed E-state index contributed by atoms with van der Waals surface area (Å²) in [6.45, 7) is 29.0. The minimum atomic E-state index is -1.50. The maximum Gasteiger partial charge on any atom is 0.173 e. The molecule has 0 aliphatic carbocycles. The topological polar surface area (TPSA) is 49.7 Å². The number of benzene rings is 2. The summed E-state index contributed by atoms with van der Waals surface area (Å²) in [7, 11) is -2.93. The van der Waals surface area contributed by atoms with E-state index in [-0.39, 0.29) is 16.7 Å². The van der Waals surface area contributed by atoms with Crippen molar-refractivity contribution in [1.29, 1.82) is 0 Å². The summed E-state index contributed by atoms with van der Waals surface area (Å²) in [6, 6.07) is 9.74. The summed E-state index contributed by atoms with van der Waals surface area (Å²) in [5, 5.41) is 21.7. The van der Waals surface area contributed by atoms with Gasteiger partial charge in [-0.15, -0.1) is 0 Å². The highest BCUT2D eigenvalue weighted by Crippen LogP contribution is 2.42. The molecule has 0 aliphatic heterocycles. The van der Waals surface area contributed by atoms with Gasteiger partial charge in [-0.05, 0) is 115 Å². The molecule has 2 rings (SSSR count). The Morgan fingerprint density at radius 1 is 0.605 bits per heavy atom. The number of hydrogen-bond donors (Lipinski definition) is 2. The molecule has 244 valence electrons. The van der Waals surface area contributed by atoms with Crippen LogP contribution in [0.1, 0.15) is 139 Å². The van der Waals surface area contributed by atoms with Crippen molar-refractivity contribution < 1.29 is 14.3 Å². The molecule has 0 bridgehead atoms. The molecule has 3 nitrogen and oxygen atoms in total. The Kier molecular flexibility index (Phi) is 13.2. The maximum absolute atomic E-state index is 10.8. The van der Waals surface area contributed by atoms with Gasteiger partial charge in [0, 0.05) is 5.92 Å². The second-order valence-electron chi connectivity index (χ2n) is 16.8. The summed E-state index contributed by atoms with van der Waals surface area (Å²) in [6.07, 6.45) is 11.4. The van der Waals surface area contributed by atoms with Crippen molar-refractivity contribution in [3.8, 4) is 11.5 Å². The molecule has 2 aromatic rings. The van der Waals surface area contributed by atoms with E-state index in [1.807, 2.05) is 12.1 Å². The first-order valence-corrected chi connectivity index (χ1v) is 23.5. The van der Waals surface area contributed by atoms with E-state index >= 15 is 0 Å². The number of rotatable bonds is 15. The third kappa shape index (κ3) is 12.0. The van der Waals surface area contributed by atoms with E-state index in [9.17, 15) is 10.2 Å². The van der Waals surface area contributed by atoms with Crippen LogP contribution >= 0.6 is 0 Å². The van der Waals surface area contributed by atoms with Crippen molar-refractivity contribution in [2.24, 2.45) is 0 Å². The van der Waals surface area contributed by atoms with Gasteiger partial charge >= 0.3 is 0 Å². The number of aromatic hydroxyl groups is 2. The predicted molar refractivity (Wildman–Crippen MR) is 193 cm³/mol. The molecule has 5 heteroatoms. The van der Waals surface area contributed by atoms with E-state index in [1.54, 1.807) is 0 Å². The van der Waals surface area contributed by atoms with Gasteiger partial charge < -0.3 is 14.3 Å². The van der Waals surface area contributed by atoms with Gasteiger partial charge in [0.1, 0.15) is 11.5 Å².